The maximum Gasteiger partial charge on any atom is 0.273 e. The largest absolute Gasteiger partial charge is 0.372 e. The van der Waals surface area contributed by atoms with Gasteiger partial charge in [-0.15, -0.1) is 0 Å². The predicted molar refractivity (Wildman–Crippen MR) is 89.5 cm³/mol. The molecule has 0 radical (unpaired) electrons. The second-order valence-corrected chi connectivity index (χ2v) is 6.07. The van der Waals surface area contributed by atoms with E-state index in [1.165, 1.54) is 6.07 Å². The average molecular weight is 337 g/mol. The van der Waals surface area contributed by atoms with Crippen molar-refractivity contribution in [3.8, 4) is 0 Å². The molecule has 1 N–H and O–H groups in total. The number of nitro benzene ring substituents is 1. The van der Waals surface area contributed by atoms with Crippen molar-refractivity contribution in [1.82, 2.24) is 10.2 Å². The molecule has 23 heavy (non-hydrogen) atoms. The highest BCUT2D eigenvalue weighted by atomic mass is 32.1. The first-order valence-electron chi connectivity index (χ1n) is 7.28. The van der Waals surface area contributed by atoms with Crippen LogP contribution in [0.15, 0.2) is 18.2 Å². The molecule has 0 aromatic heterocycles. The van der Waals surface area contributed by atoms with Gasteiger partial charge in [-0.05, 0) is 39.1 Å². The van der Waals surface area contributed by atoms with E-state index >= 15 is 0 Å². The summed E-state index contributed by atoms with van der Waals surface area (Å²) in [5, 5.41) is 13.9. The van der Waals surface area contributed by atoms with Crippen molar-refractivity contribution in [1.29, 1.82) is 0 Å². The summed E-state index contributed by atoms with van der Waals surface area (Å²) in [6.07, 6.45) is 0.0446. The van der Waals surface area contributed by atoms with Crippen LogP contribution in [0.4, 0.5) is 5.69 Å². The summed E-state index contributed by atoms with van der Waals surface area (Å²) in [5.41, 5.74) is 0.626. The molecule has 1 aliphatic heterocycles. The zero-order chi connectivity index (χ0) is 17.1. The van der Waals surface area contributed by atoms with Crippen LogP contribution in [0.25, 0.3) is 0 Å². The first kappa shape index (κ1) is 17.3. The van der Waals surface area contributed by atoms with E-state index in [9.17, 15) is 14.9 Å². The summed E-state index contributed by atoms with van der Waals surface area (Å²) in [4.78, 5) is 24.6. The Morgan fingerprint density at radius 2 is 2.00 bits per heavy atom. The molecule has 1 aromatic carbocycles. The van der Waals surface area contributed by atoms with Crippen LogP contribution in [0.2, 0.25) is 0 Å². The van der Waals surface area contributed by atoms with E-state index in [4.69, 9.17) is 17.0 Å². The van der Waals surface area contributed by atoms with Gasteiger partial charge in [-0.1, -0.05) is 6.07 Å². The number of benzene rings is 1. The Kier molecular flexibility index (Phi) is 5.27. The number of aryl methyl sites for hydroxylation is 1. The van der Waals surface area contributed by atoms with Crippen molar-refractivity contribution in [2.24, 2.45) is 0 Å². The third kappa shape index (κ3) is 4.23. The average Bonchev–Trinajstić information content (AvgIpc) is 2.46. The molecule has 0 unspecified atom stereocenters. The highest BCUT2D eigenvalue weighted by molar-refractivity contribution is 7.80. The quantitative estimate of drug-likeness (QED) is 0.505. The second kappa shape index (κ2) is 7.01. The van der Waals surface area contributed by atoms with Crippen LogP contribution in [0, 0.1) is 17.0 Å². The van der Waals surface area contributed by atoms with Crippen LogP contribution >= 0.6 is 12.2 Å². The first-order valence-corrected chi connectivity index (χ1v) is 7.69. The lowest BCUT2D eigenvalue weighted by atomic mass is 10.1. The lowest BCUT2D eigenvalue weighted by Crippen LogP contribution is -2.52. The lowest BCUT2D eigenvalue weighted by Gasteiger charge is -2.36. The molecule has 2 rings (SSSR count). The number of nitrogens with one attached hydrogen (secondary N) is 1. The molecule has 0 spiro atoms. The van der Waals surface area contributed by atoms with Gasteiger partial charge in [0.25, 0.3) is 11.6 Å². The Hall–Kier alpha value is -2.06. The number of carbonyl (C=O) groups is 1. The predicted octanol–water partition coefficient (Wildman–Crippen LogP) is 2.03. The minimum Gasteiger partial charge on any atom is -0.372 e. The van der Waals surface area contributed by atoms with E-state index in [1.54, 1.807) is 19.1 Å². The summed E-state index contributed by atoms with van der Waals surface area (Å²) in [7, 11) is 0. The monoisotopic (exact) mass is 337 g/mol. The Morgan fingerprint density at radius 1 is 1.39 bits per heavy atom. The summed E-state index contributed by atoms with van der Waals surface area (Å²) < 4.78 is 5.62. The fourth-order valence-corrected chi connectivity index (χ4v) is 2.78. The smallest absolute Gasteiger partial charge is 0.273 e. The molecule has 0 saturated carbocycles. The first-order chi connectivity index (χ1) is 10.8. The molecule has 124 valence electrons. The maximum atomic E-state index is 12.3. The SMILES string of the molecule is Cc1ccc(C(=O)NC(=S)N2C[C@@H](C)O[C@@H](C)C2)cc1[N+](=O)[O-]. The number of ether oxygens (including phenoxy) is 1. The fraction of sp³-hybridized carbons (Fsp3) is 0.467. The van der Waals surface area contributed by atoms with E-state index in [2.05, 4.69) is 5.32 Å². The lowest BCUT2D eigenvalue weighted by molar-refractivity contribution is -0.385. The molecule has 7 nitrogen and oxygen atoms in total. The molecular formula is C15H19N3O4S. The van der Waals surface area contributed by atoms with Crippen molar-refractivity contribution in [3.05, 3.63) is 39.4 Å². The van der Waals surface area contributed by atoms with Gasteiger partial charge in [-0.25, -0.2) is 0 Å². The number of morpholine rings is 1. The van der Waals surface area contributed by atoms with Crippen molar-refractivity contribution in [2.75, 3.05) is 13.1 Å². The highest BCUT2D eigenvalue weighted by Crippen LogP contribution is 2.19. The number of nitro groups is 1. The van der Waals surface area contributed by atoms with Crippen LogP contribution in [-0.4, -0.2) is 46.1 Å². The van der Waals surface area contributed by atoms with E-state index in [0.717, 1.165) is 0 Å². The van der Waals surface area contributed by atoms with Crippen LogP contribution in [-0.2, 0) is 4.74 Å². The van der Waals surface area contributed by atoms with Crippen LogP contribution in [0.5, 0.6) is 0 Å². The molecule has 1 heterocycles. The molecule has 0 aliphatic carbocycles. The molecule has 0 bridgehead atoms. The number of hydrogen-bond donors (Lipinski definition) is 1. The zero-order valence-corrected chi connectivity index (χ0v) is 14.1. The minimum atomic E-state index is -0.504. The van der Waals surface area contributed by atoms with Gasteiger partial charge in [0, 0.05) is 30.3 Å². The number of amides is 1. The van der Waals surface area contributed by atoms with Crippen molar-refractivity contribution in [2.45, 2.75) is 33.0 Å². The van der Waals surface area contributed by atoms with Gasteiger partial charge >= 0.3 is 0 Å². The zero-order valence-electron chi connectivity index (χ0n) is 13.2. The number of hydrogen-bond acceptors (Lipinski definition) is 5. The maximum absolute atomic E-state index is 12.3. The third-order valence-electron chi connectivity index (χ3n) is 3.60. The Bertz CT molecular complexity index is 640. The normalized spacial score (nSPS) is 20.9. The molecule has 1 saturated heterocycles. The van der Waals surface area contributed by atoms with Crippen molar-refractivity contribution >= 4 is 28.9 Å². The van der Waals surface area contributed by atoms with Crippen LogP contribution < -0.4 is 5.32 Å². The molecule has 1 aliphatic rings. The van der Waals surface area contributed by atoms with E-state index in [-0.39, 0.29) is 23.5 Å². The number of nitrogens with zero attached hydrogens (tertiary/aromatic N) is 2. The fourth-order valence-electron chi connectivity index (χ4n) is 2.54. The summed E-state index contributed by atoms with van der Waals surface area (Å²) in [6, 6.07) is 4.36. The van der Waals surface area contributed by atoms with E-state index in [0.29, 0.717) is 23.8 Å². The number of carbonyl (C=O) groups excluding carboxylic acids is 1. The molecular weight excluding hydrogens is 318 g/mol. The summed E-state index contributed by atoms with van der Waals surface area (Å²) in [6.45, 7) is 6.70. The van der Waals surface area contributed by atoms with Gasteiger partial charge in [0.15, 0.2) is 5.11 Å². The Labute approximate surface area is 139 Å². The van der Waals surface area contributed by atoms with Gasteiger partial charge < -0.3 is 9.64 Å². The Morgan fingerprint density at radius 3 is 2.57 bits per heavy atom. The molecule has 2 atom stereocenters. The molecule has 8 heteroatoms. The van der Waals surface area contributed by atoms with Crippen molar-refractivity contribution < 1.29 is 14.5 Å². The van der Waals surface area contributed by atoms with Gasteiger partial charge in [0.1, 0.15) is 0 Å². The van der Waals surface area contributed by atoms with Crippen LogP contribution in [0.3, 0.4) is 0 Å². The number of rotatable bonds is 2. The Balaban J connectivity index is 2.08. The second-order valence-electron chi connectivity index (χ2n) is 5.68. The molecule has 1 aromatic rings. The van der Waals surface area contributed by atoms with Crippen LogP contribution in [0.1, 0.15) is 29.8 Å². The van der Waals surface area contributed by atoms with Gasteiger partial charge in [-0.2, -0.15) is 0 Å². The van der Waals surface area contributed by atoms with Crippen molar-refractivity contribution in [3.63, 3.8) is 0 Å². The minimum absolute atomic E-state index is 0.0223. The van der Waals surface area contributed by atoms with Gasteiger partial charge in [-0.3, -0.25) is 20.2 Å². The van der Waals surface area contributed by atoms with Gasteiger partial charge in [0.2, 0.25) is 0 Å². The standard InChI is InChI=1S/C15H19N3O4S/c1-9-4-5-12(6-13(9)18(20)21)14(19)16-15(23)17-7-10(2)22-11(3)8-17/h4-6,10-11H,7-8H2,1-3H3,(H,16,19,23)/t10-,11+. The third-order valence-corrected chi connectivity index (χ3v) is 3.96. The highest BCUT2D eigenvalue weighted by Gasteiger charge is 2.25. The number of thiocarbonyl (C=S) groups is 1. The summed E-state index contributed by atoms with van der Waals surface area (Å²) in [5.74, 6) is -0.454. The topological polar surface area (TPSA) is 84.7 Å². The molecule has 1 amide bonds. The molecule has 1 fully saturated rings. The van der Waals surface area contributed by atoms with E-state index in [1.807, 2.05) is 18.7 Å². The summed E-state index contributed by atoms with van der Waals surface area (Å²) >= 11 is 5.27. The van der Waals surface area contributed by atoms with E-state index < -0.39 is 10.8 Å². The van der Waals surface area contributed by atoms with Gasteiger partial charge in [0.05, 0.1) is 17.1 Å².